The number of allylic oxidation sites excluding steroid dienone is 1. The summed E-state index contributed by atoms with van der Waals surface area (Å²) in [5.41, 5.74) is 15.6. The van der Waals surface area contributed by atoms with Crippen molar-refractivity contribution in [2.75, 3.05) is 0 Å². The predicted molar refractivity (Wildman–Crippen MR) is 227 cm³/mol. The molecule has 2 aromatic heterocycles. The molecule has 10 aromatic rings. The molecule has 2 nitrogen and oxygen atoms in total. The molecule has 0 saturated heterocycles. The molecule has 11 rings (SSSR count). The van der Waals surface area contributed by atoms with E-state index in [0.717, 1.165) is 33.2 Å². The Morgan fingerprint density at radius 3 is 1.96 bits per heavy atom. The minimum Gasteiger partial charge on any atom is -0.309 e. The van der Waals surface area contributed by atoms with E-state index in [1.54, 1.807) is 0 Å². The smallest absolute Gasteiger partial charge is 0.0788 e. The van der Waals surface area contributed by atoms with Crippen LogP contribution in [-0.2, 0) is 0 Å². The van der Waals surface area contributed by atoms with E-state index in [4.69, 9.17) is 4.98 Å². The lowest BCUT2D eigenvalue weighted by Crippen LogP contribution is -2.01. The third-order valence-electron chi connectivity index (χ3n) is 11.3. The number of aromatic nitrogens is 2. The molecule has 0 fully saturated rings. The van der Waals surface area contributed by atoms with Crippen molar-refractivity contribution in [2.24, 2.45) is 0 Å². The molecule has 0 spiro atoms. The van der Waals surface area contributed by atoms with Crippen LogP contribution in [0.3, 0.4) is 0 Å². The van der Waals surface area contributed by atoms with Crippen LogP contribution in [0.5, 0.6) is 0 Å². The van der Waals surface area contributed by atoms with Crippen molar-refractivity contribution in [3.05, 3.63) is 216 Å². The van der Waals surface area contributed by atoms with Crippen LogP contribution in [-0.4, -0.2) is 9.55 Å². The summed E-state index contributed by atoms with van der Waals surface area (Å²) in [4.78, 5) is 5.25. The fourth-order valence-corrected chi connectivity index (χ4v) is 8.83. The number of nitrogens with zero attached hydrogens (tertiary/aromatic N) is 2. The summed E-state index contributed by atoms with van der Waals surface area (Å²) in [5.74, 6) is 0.218. The predicted octanol–water partition coefficient (Wildman–Crippen LogP) is 13.5. The lowest BCUT2D eigenvalue weighted by atomic mass is 9.85. The average molecular weight is 687 g/mol. The summed E-state index contributed by atoms with van der Waals surface area (Å²) >= 11 is 0. The van der Waals surface area contributed by atoms with Crippen molar-refractivity contribution in [2.45, 2.75) is 5.92 Å². The zero-order chi connectivity index (χ0) is 35.6. The first kappa shape index (κ1) is 30.6. The van der Waals surface area contributed by atoms with E-state index in [9.17, 15) is 0 Å². The highest BCUT2D eigenvalue weighted by Gasteiger charge is 2.27. The van der Waals surface area contributed by atoms with Gasteiger partial charge in [-0.2, -0.15) is 0 Å². The van der Waals surface area contributed by atoms with Crippen LogP contribution in [0.2, 0.25) is 0 Å². The molecule has 0 N–H and O–H groups in total. The van der Waals surface area contributed by atoms with Gasteiger partial charge in [-0.25, -0.2) is 4.98 Å². The molecule has 1 atom stereocenters. The van der Waals surface area contributed by atoms with Gasteiger partial charge in [-0.05, 0) is 69.3 Å². The third-order valence-corrected chi connectivity index (χ3v) is 11.3. The highest BCUT2D eigenvalue weighted by atomic mass is 15.0. The van der Waals surface area contributed by atoms with E-state index in [1.165, 1.54) is 66.1 Å². The van der Waals surface area contributed by atoms with Crippen LogP contribution in [0.1, 0.15) is 28.2 Å². The second-order valence-electron chi connectivity index (χ2n) is 14.3. The standard InChI is InChI=1S/C52H34N2/c1-3-14-36(15-4-1)49-41-21-8-7-18-39(41)33-46(49)35-28-26-34(27-29-35)38-19-13-20-40(32-38)54-48-25-12-10-22-42(48)43-30-31-45-50(52(43)54)44-23-9-11-24-47(44)53-51(45)37-16-5-2-6-17-37/h1-33,49H. The summed E-state index contributed by atoms with van der Waals surface area (Å²) in [7, 11) is 0. The summed E-state index contributed by atoms with van der Waals surface area (Å²) in [5, 5.41) is 6.01. The lowest BCUT2D eigenvalue weighted by Gasteiger charge is -2.18. The average Bonchev–Trinajstić information content (AvgIpc) is 3.81. The van der Waals surface area contributed by atoms with Gasteiger partial charge in [0.1, 0.15) is 0 Å². The molecule has 54 heavy (non-hydrogen) atoms. The summed E-state index contributed by atoms with van der Waals surface area (Å²) in [6.07, 6.45) is 2.37. The van der Waals surface area contributed by atoms with Gasteiger partial charge in [0.05, 0.1) is 22.2 Å². The van der Waals surface area contributed by atoms with E-state index >= 15 is 0 Å². The quantitative estimate of drug-likeness (QED) is 0.165. The Bertz CT molecular complexity index is 3080. The molecule has 0 radical (unpaired) electrons. The number of benzene rings is 8. The Balaban J connectivity index is 1.08. The molecule has 1 aliphatic rings. The molecule has 0 aliphatic heterocycles. The van der Waals surface area contributed by atoms with Crippen molar-refractivity contribution in [3.63, 3.8) is 0 Å². The Morgan fingerprint density at radius 2 is 1.11 bits per heavy atom. The van der Waals surface area contributed by atoms with Gasteiger partial charge >= 0.3 is 0 Å². The Labute approximate surface area is 313 Å². The molecule has 2 heterocycles. The largest absolute Gasteiger partial charge is 0.309 e. The van der Waals surface area contributed by atoms with Crippen LogP contribution in [0, 0.1) is 0 Å². The maximum absolute atomic E-state index is 5.25. The number of para-hydroxylation sites is 2. The van der Waals surface area contributed by atoms with E-state index in [0.29, 0.717) is 0 Å². The molecule has 1 aliphatic carbocycles. The highest BCUT2D eigenvalue weighted by Crippen LogP contribution is 2.46. The zero-order valence-corrected chi connectivity index (χ0v) is 29.5. The van der Waals surface area contributed by atoms with Crippen molar-refractivity contribution < 1.29 is 0 Å². The Hall–Kier alpha value is -7.03. The van der Waals surface area contributed by atoms with Crippen LogP contribution < -0.4 is 0 Å². The topological polar surface area (TPSA) is 17.8 Å². The van der Waals surface area contributed by atoms with Gasteiger partial charge in [0, 0.05) is 44.1 Å². The van der Waals surface area contributed by atoms with Crippen molar-refractivity contribution in [1.82, 2.24) is 9.55 Å². The first-order valence-electron chi connectivity index (χ1n) is 18.7. The molecule has 2 heteroatoms. The van der Waals surface area contributed by atoms with Gasteiger partial charge in [0.2, 0.25) is 0 Å². The number of hydrogen-bond acceptors (Lipinski definition) is 1. The fourth-order valence-electron chi connectivity index (χ4n) is 8.83. The molecule has 8 aromatic carbocycles. The minimum absolute atomic E-state index is 0.218. The van der Waals surface area contributed by atoms with Crippen LogP contribution in [0.4, 0.5) is 0 Å². The van der Waals surface area contributed by atoms with Crippen molar-refractivity contribution >= 4 is 55.1 Å². The van der Waals surface area contributed by atoms with Crippen LogP contribution in [0.25, 0.3) is 83.2 Å². The van der Waals surface area contributed by atoms with E-state index in [2.05, 4.69) is 205 Å². The third kappa shape index (κ3) is 4.77. The SMILES string of the molecule is C1=C(c2ccc(-c3cccc(-n4c5ccccc5c5ccc6c(-c7ccccc7)nc7ccccc7c6c54)c3)cc2)C(c2ccccc2)c2ccccc21. The minimum atomic E-state index is 0.218. The van der Waals surface area contributed by atoms with Crippen LogP contribution in [0.15, 0.2) is 194 Å². The molecule has 1 unspecified atom stereocenters. The van der Waals surface area contributed by atoms with Gasteiger partial charge in [0.25, 0.3) is 0 Å². The Kier molecular flexibility index (Phi) is 6.96. The molecule has 0 bridgehead atoms. The second-order valence-corrected chi connectivity index (χ2v) is 14.3. The van der Waals surface area contributed by atoms with E-state index in [-0.39, 0.29) is 5.92 Å². The highest BCUT2D eigenvalue weighted by molar-refractivity contribution is 6.26. The Morgan fingerprint density at radius 1 is 0.444 bits per heavy atom. The molecular weight excluding hydrogens is 653 g/mol. The van der Waals surface area contributed by atoms with Crippen LogP contribution >= 0.6 is 0 Å². The summed E-state index contributed by atoms with van der Waals surface area (Å²) in [6.45, 7) is 0. The lowest BCUT2D eigenvalue weighted by molar-refractivity contribution is 1.07. The number of pyridine rings is 1. The van der Waals surface area contributed by atoms with Crippen molar-refractivity contribution in [3.8, 4) is 28.1 Å². The molecule has 0 amide bonds. The maximum Gasteiger partial charge on any atom is 0.0788 e. The van der Waals surface area contributed by atoms with Crippen molar-refractivity contribution in [1.29, 1.82) is 0 Å². The summed E-state index contributed by atoms with van der Waals surface area (Å²) < 4.78 is 2.47. The van der Waals surface area contributed by atoms with E-state index < -0.39 is 0 Å². The van der Waals surface area contributed by atoms with Gasteiger partial charge in [-0.1, -0.05) is 170 Å². The fraction of sp³-hybridized carbons (Fsp3) is 0.0192. The van der Waals surface area contributed by atoms with E-state index in [1.807, 2.05) is 0 Å². The summed E-state index contributed by atoms with van der Waals surface area (Å²) in [6, 6.07) is 70.4. The number of fused-ring (bicyclic) bond motifs is 8. The monoisotopic (exact) mass is 686 g/mol. The van der Waals surface area contributed by atoms with Gasteiger partial charge < -0.3 is 4.57 Å². The molecule has 0 saturated carbocycles. The molecule has 252 valence electrons. The van der Waals surface area contributed by atoms with Gasteiger partial charge in [0.15, 0.2) is 0 Å². The van der Waals surface area contributed by atoms with Gasteiger partial charge in [-0.15, -0.1) is 0 Å². The first-order valence-corrected chi connectivity index (χ1v) is 18.7. The maximum atomic E-state index is 5.25. The molecular formula is C52H34N2. The first-order chi connectivity index (χ1) is 26.8. The number of rotatable bonds is 5. The normalized spacial score (nSPS) is 13.9. The number of hydrogen-bond donors (Lipinski definition) is 0. The zero-order valence-electron chi connectivity index (χ0n) is 29.5. The second kappa shape index (κ2) is 12.3. The van der Waals surface area contributed by atoms with Gasteiger partial charge in [-0.3, -0.25) is 0 Å².